The summed E-state index contributed by atoms with van der Waals surface area (Å²) in [7, 11) is 0. The summed E-state index contributed by atoms with van der Waals surface area (Å²) in [6, 6.07) is 6.16. The Balaban J connectivity index is 2.27. The molecule has 76 valence electrons. The minimum atomic E-state index is 0.0449. The maximum absolute atomic E-state index is 11.4. The number of benzene rings is 1. The van der Waals surface area contributed by atoms with Crippen LogP contribution in [0, 0.1) is 0 Å². The first-order valence-corrected chi connectivity index (χ1v) is 5.12. The molecule has 0 amide bonds. The van der Waals surface area contributed by atoms with Gasteiger partial charge in [-0.25, -0.2) is 4.68 Å². The molecule has 1 aromatic heterocycles. The van der Waals surface area contributed by atoms with Crippen LogP contribution in [-0.4, -0.2) is 20.8 Å². The first kappa shape index (κ1) is 8.59. The Kier molecular flexibility index (Phi) is 1.65. The standard InChI is InChI=1S/C11H11N3O/c1-7(15)9-3-2-4-10-11(9)12-13-14(10)8-5-6-8/h2-4,8H,5-6H2,1H3. The molecule has 1 aliphatic carbocycles. The van der Waals surface area contributed by atoms with Crippen molar-refractivity contribution in [3.63, 3.8) is 0 Å². The van der Waals surface area contributed by atoms with Gasteiger partial charge in [-0.1, -0.05) is 11.3 Å². The summed E-state index contributed by atoms with van der Waals surface area (Å²) in [5, 5.41) is 8.21. The number of carbonyl (C=O) groups excluding carboxylic acids is 1. The second kappa shape index (κ2) is 2.89. The van der Waals surface area contributed by atoms with Gasteiger partial charge in [0, 0.05) is 5.56 Å². The molecule has 0 saturated heterocycles. The first-order chi connectivity index (χ1) is 7.27. The molecule has 0 N–H and O–H groups in total. The van der Waals surface area contributed by atoms with Crippen molar-refractivity contribution in [3.05, 3.63) is 23.8 Å². The Morgan fingerprint density at radius 2 is 2.27 bits per heavy atom. The number of Topliss-reactive ketones (excluding diaryl/α,β-unsaturated/α-hetero) is 1. The largest absolute Gasteiger partial charge is 0.294 e. The third-order valence-corrected chi connectivity index (χ3v) is 2.77. The summed E-state index contributed by atoms with van der Waals surface area (Å²) in [6.07, 6.45) is 2.34. The maximum atomic E-state index is 11.4. The average molecular weight is 201 g/mol. The van der Waals surface area contributed by atoms with Crippen LogP contribution >= 0.6 is 0 Å². The zero-order valence-corrected chi connectivity index (χ0v) is 8.47. The molecule has 0 unspecified atom stereocenters. The molecule has 2 aromatic rings. The van der Waals surface area contributed by atoms with Crippen LogP contribution in [-0.2, 0) is 0 Å². The molecule has 1 aromatic carbocycles. The number of hydrogen-bond donors (Lipinski definition) is 0. The van der Waals surface area contributed by atoms with Gasteiger partial charge in [0.05, 0.1) is 11.6 Å². The van der Waals surface area contributed by atoms with Gasteiger partial charge in [0.2, 0.25) is 0 Å². The van der Waals surface area contributed by atoms with Gasteiger partial charge in [0.1, 0.15) is 5.52 Å². The lowest BCUT2D eigenvalue weighted by atomic mass is 10.1. The Hall–Kier alpha value is -1.71. The summed E-state index contributed by atoms with van der Waals surface area (Å²) in [5.74, 6) is 0.0449. The van der Waals surface area contributed by atoms with Gasteiger partial charge in [0.15, 0.2) is 5.78 Å². The lowest BCUT2D eigenvalue weighted by Gasteiger charge is -1.99. The van der Waals surface area contributed by atoms with E-state index in [9.17, 15) is 4.79 Å². The number of carbonyl (C=O) groups is 1. The van der Waals surface area contributed by atoms with Gasteiger partial charge >= 0.3 is 0 Å². The van der Waals surface area contributed by atoms with Crippen molar-refractivity contribution in [2.24, 2.45) is 0 Å². The monoisotopic (exact) mass is 201 g/mol. The van der Waals surface area contributed by atoms with Crippen molar-refractivity contribution in [2.45, 2.75) is 25.8 Å². The average Bonchev–Trinajstić information content (AvgIpc) is 2.97. The van der Waals surface area contributed by atoms with Gasteiger partial charge in [-0.05, 0) is 31.9 Å². The summed E-state index contributed by atoms with van der Waals surface area (Å²) < 4.78 is 1.93. The van der Waals surface area contributed by atoms with E-state index in [0.717, 1.165) is 11.0 Å². The molecule has 0 atom stereocenters. The van der Waals surface area contributed by atoms with E-state index in [-0.39, 0.29) is 5.78 Å². The first-order valence-electron chi connectivity index (χ1n) is 5.12. The molecule has 1 aliphatic rings. The molecule has 0 spiro atoms. The van der Waals surface area contributed by atoms with Crippen LogP contribution in [0.4, 0.5) is 0 Å². The van der Waals surface area contributed by atoms with Crippen LogP contribution < -0.4 is 0 Å². The Bertz CT molecular complexity index is 540. The third-order valence-electron chi connectivity index (χ3n) is 2.77. The van der Waals surface area contributed by atoms with Crippen molar-refractivity contribution in [1.29, 1.82) is 0 Å². The fourth-order valence-corrected chi connectivity index (χ4v) is 1.84. The topological polar surface area (TPSA) is 47.8 Å². The van der Waals surface area contributed by atoms with E-state index < -0.39 is 0 Å². The number of nitrogens with zero attached hydrogens (tertiary/aromatic N) is 3. The highest BCUT2D eigenvalue weighted by Gasteiger charge is 2.27. The van der Waals surface area contributed by atoms with Crippen LogP contribution in [0.2, 0.25) is 0 Å². The van der Waals surface area contributed by atoms with E-state index in [2.05, 4.69) is 10.3 Å². The second-order valence-corrected chi connectivity index (χ2v) is 3.99. The van der Waals surface area contributed by atoms with E-state index in [1.54, 1.807) is 13.0 Å². The molecule has 1 fully saturated rings. The quantitative estimate of drug-likeness (QED) is 0.698. The summed E-state index contributed by atoms with van der Waals surface area (Å²) in [6.45, 7) is 1.56. The number of fused-ring (bicyclic) bond motifs is 1. The molecular weight excluding hydrogens is 190 g/mol. The number of ketones is 1. The van der Waals surface area contributed by atoms with Gasteiger partial charge in [-0.15, -0.1) is 5.10 Å². The lowest BCUT2D eigenvalue weighted by molar-refractivity contribution is 0.101. The molecule has 3 rings (SSSR count). The van der Waals surface area contributed by atoms with Crippen LogP contribution in [0.1, 0.15) is 36.2 Å². The van der Waals surface area contributed by atoms with Crippen LogP contribution in [0.15, 0.2) is 18.2 Å². The van der Waals surface area contributed by atoms with E-state index in [4.69, 9.17) is 0 Å². The summed E-state index contributed by atoms with van der Waals surface area (Å²) in [5.41, 5.74) is 2.38. The Morgan fingerprint density at radius 1 is 1.47 bits per heavy atom. The molecular formula is C11H11N3O. The Morgan fingerprint density at radius 3 is 2.93 bits per heavy atom. The molecule has 0 bridgehead atoms. The van der Waals surface area contributed by atoms with Gasteiger partial charge < -0.3 is 0 Å². The van der Waals surface area contributed by atoms with Gasteiger partial charge in [-0.2, -0.15) is 0 Å². The fraction of sp³-hybridized carbons (Fsp3) is 0.364. The minimum Gasteiger partial charge on any atom is -0.294 e. The molecule has 4 nitrogen and oxygen atoms in total. The second-order valence-electron chi connectivity index (χ2n) is 3.99. The van der Waals surface area contributed by atoms with Crippen molar-refractivity contribution in [1.82, 2.24) is 15.0 Å². The van der Waals surface area contributed by atoms with Crippen molar-refractivity contribution >= 4 is 16.8 Å². The normalized spacial score (nSPS) is 15.8. The highest BCUT2D eigenvalue weighted by atomic mass is 16.1. The third kappa shape index (κ3) is 1.25. The predicted molar refractivity (Wildman–Crippen MR) is 55.8 cm³/mol. The highest BCUT2D eigenvalue weighted by Crippen LogP contribution is 2.36. The van der Waals surface area contributed by atoms with E-state index >= 15 is 0 Å². The van der Waals surface area contributed by atoms with Gasteiger partial charge in [-0.3, -0.25) is 4.79 Å². The van der Waals surface area contributed by atoms with E-state index in [1.807, 2.05) is 16.8 Å². The summed E-state index contributed by atoms with van der Waals surface area (Å²) >= 11 is 0. The molecule has 1 heterocycles. The molecule has 0 radical (unpaired) electrons. The minimum absolute atomic E-state index is 0.0449. The number of aromatic nitrogens is 3. The number of hydrogen-bond acceptors (Lipinski definition) is 3. The predicted octanol–water partition coefficient (Wildman–Crippen LogP) is 1.97. The SMILES string of the molecule is CC(=O)c1cccc2c1nnn2C1CC1. The zero-order valence-electron chi connectivity index (χ0n) is 8.47. The molecule has 0 aliphatic heterocycles. The zero-order chi connectivity index (χ0) is 10.4. The fourth-order valence-electron chi connectivity index (χ4n) is 1.84. The highest BCUT2D eigenvalue weighted by molar-refractivity contribution is 6.04. The van der Waals surface area contributed by atoms with Crippen molar-refractivity contribution in [2.75, 3.05) is 0 Å². The maximum Gasteiger partial charge on any atom is 0.162 e. The van der Waals surface area contributed by atoms with Crippen LogP contribution in [0.3, 0.4) is 0 Å². The molecule has 4 heteroatoms. The summed E-state index contributed by atoms with van der Waals surface area (Å²) in [4.78, 5) is 11.4. The van der Waals surface area contributed by atoms with Crippen LogP contribution in [0.5, 0.6) is 0 Å². The van der Waals surface area contributed by atoms with Gasteiger partial charge in [0.25, 0.3) is 0 Å². The smallest absolute Gasteiger partial charge is 0.162 e. The number of rotatable bonds is 2. The van der Waals surface area contributed by atoms with Crippen molar-refractivity contribution in [3.8, 4) is 0 Å². The van der Waals surface area contributed by atoms with Crippen LogP contribution in [0.25, 0.3) is 11.0 Å². The Labute approximate surface area is 86.9 Å². The molecule has 1 saturated carbocycles. The van der Waals surface area contributed by atoms with Crippen molar-refractivity contribution < 1.29 is 4.79 Å². The molecule has 15 heavy (non-hydrogen) atoms. The van der Waals surface area contributed by atoms with E-state index in [1.165, 1.54) is 12.8 Å². The van der Waals surface area contributed by atoms with E-state index in [0.29, 0.717) is 11.6 Å². The lowest BCUT2D eigenvalue weighted by Crippen LogP contribution is -1.96.